The second-order valence-electron chi connectivity index (χ2n) is 3.92. The number of aliphatic carboxylic acids is 1. The van der Waals surface area contributed by atoms with Crippen molar-refractivity contribution in [1.82, 2.24) is 15.2 Å². The maximum absolute atomic E-state index is 10.4. The van der Waals surface area contributed by atoms with Crippen molar-refractivity contribution in [2.45, 2.75) is 31.6 Å². The Kier molecular flexibility index (Phi) is 3.51. The summed E-state index contributed by atoms with van der Waals surface area (Å²) in [5.74, 6) is 0.986. The lowest BCUT2D eigenvalue weighted by molar-refractivity contribution is -0.137. The van der Waals surface area contributed by atoms with E-state index in [0.717, 1.165) is 31.9 Å². The van der Waals surface area contributed by atoms with Gasteiger partial charge >= 0.3 is 5.97 Å². The van der Waals surface area contributed by atoms with Crippen LogP contribution in [-0.4, -0.2) is 39.5 Å². The fourth-order valence-corrected chi connectivity index (χ4v) is 1.79. The number of hydrogen-bond acceptors (Lipinski definition) is 4. The molecule has 0 atom stereocenters. The number of rotatable bonds is 4. The first-order valence-corrected chi connectivity index (χ1v) is 5.46. The highest BCUT2D eigenvalue weighted by atomic mass is 16.5. The van der Waals surface area contributed by atoms with Gasteiger partial charge in [0.25, 0.3) is 0 Å². The molecule has 16 heavy (non-hydrogen) atoms. The maximum atomic E-state index is 10.4. The lowest BCUT2D eigenvalue weighted by Gasteiger charge is -2.18. The van der Waals surface area contributed by atoms with Gasteiger partial charge in [-0.25, -0.2) is 4.98 Å². The summed E-state index contributed by atoms with van der Waals surface area (Å²) in [4.78, 5) is 14.7. The summed E-state index contributed by atoms with van der Waals surface area (Å²) < 4.78 is 5.26. The molecule has 0 aromatic carbocycles. The molecule has 1 aliphatic rings. The average Bonchev–Trinajstić information content (AvgIpc) is 2.76. The number of carboxylic acid groups (broad SMARTS) is 1. The van der Waals surface area contributed by atoms with Crippen LogP contribution in [0.15, 0.2) is 0 Å². The summed E-state index contributed by atoms with van der Waals surface area (Å²) >= 11 is 0. The van der Waals surface area contributed by atoms with E-state index in [1.54, 1.807) is 0 Å². The average molecular weight is 225 g/mol. The van der Waals surface area contributed by atoms with Crippen LogP contribution in [0.2, 0.25) is 0 Å². The van der Waals surface area contributed by atoms with Crippen LogP contribution in [0.3, 0.4) is 0 Å². The van der Waals surface area contributed by atoms with Crippen molar-refractivity contribution in [3.8, 4) is 0 Å². The molecule has 88 valence electrons. The first-order chi connectivity index (χ1) is 7.75. The van der Waals surface area contributed by atoms with E-state index < -0.39 is 5.97 Å². The molecule has 1 aromatic rings. The van der Waals surface area contributed by atoms with Crippen LogP contribution in [-0.2, 0) is 16.0 Å². The van der Waals surface area contributed by atoms with E-state index in [9.17, 15) is 4.79 Å². The van der Waals surface area contributed by atoms with Crippen molar-refractivity contribution < 1.29 is 14.6 Å². The zero-order chi connectivity index (χ0) is 11.4. The molecule has 0 unspecified atom stereocenters. The zero-order valence-corrected chi connectivity index (χ0v) is 8.98. The highest BCUT2D eigenvalue weighted by molar-refractivity contribution is 5.66. The number of ether oxygens (including phenoxy) is 1. The Morgan fingerprint density at radius 1 is 1.50 bits per heavy atom. The van der Waals surface area contributed by atoms with Gasteiger partial charge in [0.05, 0.1) is 6.42 Å². The lowest BCUT2D eigenvalue weighted by atomic mass is 10.00. The zero-order valence-electron chi connectivity index (χ0n) is 8.98. The predicted octanol–water partition coefficient (Wildman–Crippen LogP) is 0.716. The first-order valence-electron chi connectivity index (χ1n) is 5.46. The number of aromatic amines is 1. The van der Waals surface area contributed by atoms with Gasteiger partial charge in [0.1, 0.15) is 5.82 Å². The van der Waals surface area contributed by atoms with Crippen molar-refractivity contribution in [2.24, 2.45) is 0 Å². The number of nitrogens with one attached hydrogen (secondary N) is 1. The quantitative estimate of drug-likeness (QED) is 0.788. The SMILES string of the molecule is O=C(O)CCc1nc(C2CCOCC2)n[nH]1. The highest BCUT2D eigenvalue weighted by Crippen LogP contribution is 2.23. The van der Waals surface area contributed by atoms with Gasteiger partial charge in [0, 0.05) is 25.6 Å². The van der Waals surface area contributed by atoms with Crippen molar-refractivity contribution in [3.05, 3.63) is 11.6 Å². The first kappa shape index (κ1) is 11.1. The van der Waals surface area contributed by atoms with Crippen molar-refractivity contribution in [2.75, 3.05) is 13.2 Å². The van der Waals surface area contributed by atoms with Crippen LogP contribution >= 0.6 is 0 Å². The standard InChI is InChI=1S/C10H15N3O3/c14-9(15)2-1-8-11-10(13-12-8)7-3-5-16-6-4-7/h7H,1-6H2,(H,14,15)(H,11,12,13). The maximum Gasteiger partial charge on any atom is 0.303 e. The molecular weight excluding hydrogens is 210 g/mol. The summed E-state index contributed by atoms with van der Waals surface area (Å²) in [6, 6.07) is 0. The van der Waals surface area contributed by atoms with E-state index in [1.165, 1.54) is 0 Å². The fourth-order valence-electron chi connectivity index (χ4n) is 1.79. The number of hydrogen-bond donors (Lipinski definition) is 2. The van der Waals surface area contributed by atoms with Gasteiger partial charge in [-0.2, -0.15) is 5.10 Å². The highest BCUT2D eigenvalue weighted by Gasteiger charge is 2.20. The molecule has 0 radical (unpaired) electrons. The van der Waals surface area contributed by atoms with E-state index >= 15 is 0 Å². The predicted molar refractivity (Wildman–Crippen MR) is 55.1 cm³/mol. The van der Waals surface area contributed by atoms with E-state index in [0.29, 0.717) is 18.2 Å². The molecule has 6 nitrogen and oxygen atoms in total. The largest absolute Gasteiger partial charge is 0.481 e. The van der Waals surface area contributed by atoms with Crippen molar-refractivity contribution >= 4 is 5.97 Å². The van der Waals surface area contributed by atoms with Gasteiger partial charge < -0.3 is 9.84 Å². The summed E-state index contributed by atoms with van der Waals surface area (Å²) in [6.07, 6.45) is 2.38. The third kappa shape index (κ3) is 2.79. The van der Waals surface area contributed by atoms with E-state index in [4.69, 9.17) is 9.84 Å². The molecule has 0 spiro atoms. The third-order valence-corrected chi connectivity index (χ3v) is 2.71. The molecule has 0 bridgehead atoms. The summed E-state index contributed by atoms with van der Waals surface area (Å²) in [5, 5.41) is 15.5. The van der Waals surface area contributed by atoms with Crippen molar-refractivity contribution in [3.63, 3.8) is 0 Å². The number of aryl methyl sites for hydroxylation is 1. The van der Waals surface area contributed by atoms with Gasteiger partial charge in [-0.05, 0) is 12.8 Å². The number of nitrogens with zero attached hydrogens (tertiary/aromatic N) is 2. The van der Waals surface area contributed by atoms with Crippen LogP contribution in [0.25, 0.3) is 0 Å². The minimum absolute atomic E-state index is 0.0857. The molecular formula is C10H15N3O3. The molecule has 2 N–H and O–H groups in total. The molecule has 0 saturated carbocycles. The smallest absolute Gasteiger partial charge is 0.303 e. The van der Waals surface area contributed by atoms with Gasteiger partial charge in [0.2, 0.25) is 0 Å². The number of carbonyl (C=O) groups is 1. The summed E-state index contributed by atoms with van der Waals surface area (Å²) in [7, 11) is 0. The topological polar surface area (TPSA) is 88.1 Å². The Morgan fingerprint density at radius 3 is 2.94 bits per heavy atom. The Morgan fingerprint density at radius 2 is 2.25 bits per heavy atom. The number of carboxylic acids is 1. The van der Waals surface area contributed by atoms with Gasteiger partial charge in [-0.1, -0.05) is 0 Å². The summed E-state index contributed by atoms with van der Waals surface area (Å²) in [6.45, 7) is 1.51. The van der Waals surface area contributed by atoms with Crippen LogP contribution in [0, 0.1) is 0 Å². The van der Waals surface area contributed by atoms with Gasteiger partial charge in [-0.3, -0.25) is 9.89 Å². The molecule has 1 fully saturated rings. The molecule has 1 aliphatic heterocycles. The Bertz CT molecular complexity index is 358. The van der Waals surface area contributed by atoms with E-state index in [1.807, 2.05) is 0 Å². The molecule has 1 aromatic heterocycles. The molecule has 0 amide bonds. The van der Waals surface area contributed by atoms with E-state index in [2.05, 4.69) is 15.2 Å². The molecule has 1 saturated heterocycles. The Balaban J connectivity index is 1.93. The normalized spacial score (nSPS) is 17.5. The molecule has 2 rings (SSSR count). The third-order valence-electron chi connectivity index (χ3n) is 2.71. The van der Waals surface area contributed by atoms with Gasteiger partial charge in [0.15, 0.2) is 5.82 Å². The Hall–Kier alpha value is -1.43. The minimum Gasteiger partial charge on any atom is -0.481 e. The van der Waals surface area contributed by atoms with Crippen LogP contribution in [0.1, 0.15) is 36.8 Å². The number of H-pyrrole nitrogens is 1. The number of aromatic nitrogens is 3. The molecule has 0 aliphatic carbocycles. The summed E-state index contributed by atoms with van der Waals surface area (Å²) in [5.41, 5.74) is 0. The minimum atomic E-state index is -0.816. The van der Waals surface area contributed by atoms with Crippen LogP contribution in [0.5, 0.6) is 0 Å². The lowest BCUT2D eigenvalue weighted by Crippen LogP contribution is -2.15. The second-order valence-corrected chi connectivity index (χ2v) is 3.92. The van der Waals surface area contributed by atoms with Crippen LogP contribution < -0.4 is 0 Å². The van der Waals surface area contributed by atoms with Crippen molar-refractivity contribution in [1.29, 1.82) is 0 Å². The Labute approximate surface area is 93.0 Å². The molecule has 6 heteroatoms. The van der Waals surface area contributed by atoms with Gasteiger partial charge in [-0.15, -0.1) is 0 Å². The van der Waals surface area contributed by atoms with E-state index in [-0.39, 0.29) is 6.42 Å². The molecule has 2 heterocycles. The van der Waals surface area contributed by atoms with Crippen LogP contribution in [0.4, 0.5) is 0 Å². The monoisotopic (exact) mass is 225 g/mol. The second kappa shape index (κ2) is 5.07. The fraction of sp³-hybridized carbons (Fsp3) is 0.700.